The number of unbranched alkanes of at least 4 members (excludes halogenated alkanes) is 2. The quantitative estimate of drug-likeness (QED) is 0.725. The Balaban J connectivity index is 1.98. The van der Waals surface area contributed by atoms with Gasteiger partial charge in [0.05, 0.1) is 11.1 Å². The van der Waals surface area contributed by atoms with E-state index in [0.29, 0.717) is 16.5 Å². The van der Waals surface area contributed by atoms with E-state index in [-0.39, 0.29) is 0 Å². The summed E-state index contributed by atoms with van der Waals surface area (Å²) < 4.78 is 0. The van der Waals surface area contributed by atoms with Gasteiger partial charge in [-0.15, -0.1) is 0 Å². The van der Waals surface area contributed by atoms with E-state index in [1.807, 2.05) is 30.0 Å². The number of thioether (sulfide) groups is 1. The third kappa shape index (κ3) is 4.36. The Morgan fingerprint density at radius 2 is 2.10 bits per heavy atom. The summed E-state index contributed by atoms with van der Waals surface area (Å²) in [5.74, 6) is 1.10. The highest BCUT2D eigenvalue weighted by Crippen LogP contribution is 2.19. The lowest BCUT2D eigenvalue weighted by molar-refractivity contribution is 0.0699. The molecule has 2 rings (SSSR count). The van der Waals surface area contributed by atoms with Crippen LogP contribution in [0.1, 0.15) is 29.6 Å². The van der Waals surface area contributed by atoms with Crippen molar-refractivity contribution in [2.75, 3.05) is 23.9 Å². The van der Waals surface area contributed by atoms with Crippen LogP contribution in [-0.4, -0.2) is 34.6 Å². The number of pyridine rings is 1. The minimum atomic E-state index is -0.920. The lowest BCUT2D eigenvalue weighted by atomic mass is 10.1. The highest BCUT2D eigenvalue weighted by Gasteiger charge is 2.08. The average Bonchev–Trinajstić information content (AvgIpc) is 2.49. The number of aromatic nitrogens is 1. The van der Waals surface area contributed by atoms with Crippen LogP contribution in [0, 0.1) is 0 Å². The number of nitrogens with zero attached hydrogens (tertiary/aromatic N) is 1. The maximum absolute atomic E-state index is 11.2. The molecule has 0 bridgehead atoms. The molecule has 21 heavy (non-hydrogen) atoms. The molecule has 0 fully saturated rings. The van der Waals surface area contributed by atoms with E-state index in [0.717, 1.165) is 18.8 Å². The number of fused-ring (bicyclic) bond motifs is 1. The molecule has 1 heterocycles. The number of rotatable bonds is 8. The van der Waals surface area contributed by atoms with Crippen molar-refractivity contribution >= 4 is 34.5 Å². The Kier molecular flexibility index (Phi) is 5.87. The minimum absolute atomic E-state index is 0.295. The van der Waals surface area contributed by atoms with Crippen LogP contribution in [0.2, 0.25) is 0 Å². The monoisotopic (exact) mass is 304 g/mol. The Morgan fingerprint density at radius 3 is 2.86 bits per heavy atom. The zero-order valence-electron chi connectivity index (χ0n) is 12.1. The predicted molar refractivity (Wildman–Crippen MR) is 89.4 cm³/mol. The SMILES string of the molecule is CSCCCCCNc1ccc2c(C(=O)O)cccc2n1. The first-order chi connectivity index (χ1) is 10.2. The van der Waals surface area contributed by atoms with E-state index < -0.39 is 5.97 Å². The van der Waals surface area contributed by atoms with Crippen molar-refractivity contribution in [1.29, 1.82) is 0 Å². The van der Waals surface area contributed by atoms with Gasteiger partial charge in [0, 0.05) is 11.9 Å². The van der Waals surface area contributed by atoms with Gasteiger partial charge in [-0.2, -0.15) is 11.8 Å². The van der Waals surface area contributed by atoms with E-state index in [1.165, 1.54) is 18.6 Å². The van der Waals surface area contributed by atoms with Gasteiger partial charge < -0.3 is 10.4 Å². The molecule has 0 aliphatic rings. The van der Waals surface area contributed by atoms with Gasteiger partial charge in [0.15, 0.2) is 0 Å². The van der Waals surface area contributed by atoms with Crippen LogP contribution in [-0.2, 0) is 0 Å². The summed E-state index contributed by atoms with van der Waals surface area (Å²) in [6.45, 7) is 0.894. The molecule has 0 saturated carbocycles. The summed E-state index contributed by atoms with van der Waals surface area (Å²) in [4.78, 5) is 15.6. The lowest BCUT2D eigenvalue weighted by Crippen LogP contribution is -2.04. The molecule has 2 aromatic rings. The third-order valence-corrected chi connectivity index (χ3v) is 3.99. The molecule has 0 unspecified atom stereocenters. The van der Waals surface area contributed by atoms with Gasteiger partial charge in [-0.05, 0) is 49.1 Å². The molecule has 112 valence electrons. The number of anilines is 1. The molecule has 1 aromatic heterocycles. The largest absolute Gasteiger partial charge is 0.478 e. The second kappa shape index (κ2) is 7.88. The molecular formula is C16H20N2O2S. The van der Waals surface area contributed by atoms with E-state index >= 15 is 0 Å². The smallest absolute Gasteiger partial charge is 0.336 e. The number of hydrogen-bond acceptors (Lipinski definition) is 4. The first-order valence-corrected chi connectivity index (χ1v) is 8.47. The molecule has 4 nitrogen and oxygen atoms in total. The zero-order valence-corrected chi connectivity index (χ0v) is 12.9. The van der Waals surface area contributed by atoms with Crippen LogP contribution < -0.4 is 5.32 Å². The molecule has 5 heteroatoms. The minimum Gasteiger partial charge on any atom is -0.478 e. The molecule has 0 spiro atoms. The summed E-state index contributed by atoms with van der Waals surface area (Å²) in [6, 6.07) is 8.83. The average molecular weight is 304 g/mol. The van der Waals surface area contributed by atoms with E-state index in [2.05, 4.69) is 16.6 Å². The van der Waals surface area contributed by atoms with Gasteiger partial charge >= 0.3 is 5.97 Å². The summed E-state index contributed by atoms with van der Waals surface area (Å²) >= 11 is 1.88. The van der Waals surface area contributed by atoms with Crippen LogP contribution in [0.15, 0.2) is 30.3 Å². The van der Waals surface area contributed by atoms with Gasteiger partial charge in [0.1, 0.15) is 5.82 Å². The Morgan fingerprint density at radius 1 is 1.24 bits per heavy atom. The van der Waals surface area contributed by atoms with Crippen LogP contribution in [0.25, 0.3) is 10.9 Å². The first-order valence-electron chi connectivity index (χ1n) is 7.08. The fourth-order valence-electron chi connectivity index (χ4n) is 2.20. The maximum Gasteiger partial charge on any atom is 0.336 e. The molecule has 0 saturated heterocycles. The Labute approximate surface area is 129 Å². The van der Waals surface area contributed by atoms with Gasteiger partial charge in [0.2, 0.25) is 0 Å². The Hall–Kier alpha value is -1.75. The van der Waals surface area contributed by atoms with Gasteiger partial charge in [-0.1, -0.05) is 12.5 Å². The zero-order chi connectivity index (χ0) is 15.1. The van der Waals surface area contributed by atoms with Crippen molar-refractivity contribution < 1.29 is 9.90 Å². The number of carboxylic acid groups (broad SMARTS) is 1. The number of aromatic carboxylic acids is 1. The molecule has 0 atom stereocenters. The summed E-state index contributed by atoms with van der Waals surface area (Å²) in [5, 5.41) is 13.1. The maximum atomic E-state index is 11.2. The van der Waals surface area contributed by atoms with Gasteiger partial charge in [-0.25, -0.2) is 9.78 Å². The molecule has 0 amide bonds. The number of carbonyl (C=O) groups is 1. The highest BCUT2D eigenvalue weighted by molar-refractivity contribution is 7.98. The first kappa shape index (κ1) is 15.6. The van der Waals surface area contributed by atoms with Crippen molar-refractivity contribution in [3.8, 4) is 0 Å². The highest BCUT2D eigenvalue weighted by atomic mass is 32.2. The molecular weight excluding hydrogens is 284 g/mol. The van der Waals surface area contributed by atoms with Gasteiger partial charge in [-0.3, -0.25) is 0 Å². The molecule has 2 N–H and O–H groups in total. The van der Waals surface area contributed by atoms with E-state index in [1.54, 1.807) is 12.1 Å². The lowest BCUT2D eigenvalue weighted by Gasteiger charge is -2.07. The van der Waals surface area contributed by atoms with Crippen molar-refractivity contribution in [3.63, 3.8) is 0 Å². The summed E-state index contributed by atoms with van der Waals surface area (Å²) in [6.07, 6.45) is 5.71. The van der Waals surface area contributed by atoms with Crippen LogP contribution in [0.3, 0.4) is 0 Å². The van der Waals surface area contributed by atoms with Crippen molar-refractivity contribution in [1.82, 2.24) is 4.98 Å². The van der Waals surface area contributed by atoms with Crippen molar-refractivity contribution in [3.05, 3.63) is 35.9 Å². The fraction of sp³-hybridized carbons (Fsp3) is 0.375. The second-order valence-electron chi connectivity index (χ2n) is 4.85. The van der Waals surface area contributed by atoms with Crippen molar-refractivity contribution in [2.45, 2.75) is 19.3 Å². The van der Waals surface area contributed by atoms with Crippen LogP contribution in [0.4, 0.5) is 5.82 Å². The number of carboxylic acids is 1. The molecule has 1 aromatic carbocycles. The fourth-order valence-corrected chi connectivity index (χ4v) is 2.70. The summed E-state index contributed by atoms with van der Waals surface area (Å²) in [5.41, 5.74) is 1.01. The number of benzene rings is 1. The summed E-state index contributed by atoms with van der Waals surface area (Å²) in [7, 11) is 0. The topological polar surface area (TPSA) is 62.2 Å². The van der Waals surface area contributed by atoms with Crippen LogP contribution in [0.5, 0.6) is 0 Å². The standard InChI is InChI=1S/C16H20N2O2S/c1-21-11-4-2-3-10-17-15-9-8-12-13(16(19)20)6-5-7-14(12)18-15/h5-9H,2-4,10-11H2,1H3,(H,17,18)(H,19,20). The predicted octanol–water partition coefficient (Wildman–Crippen LogP) is 3.88. The Bertz CT molecular complexity index is 616. The molecule has 0 radical (unpaired) electrons. The van der Waals surface area contributed by atoms with Gasteiger partial charge in [0.25, 0.3) is 0 Å². The second-order valence-corrected chi connectivity index (χ2v) is 5.84. The molecule has 0 aliphatic heterocycles. The van der Waals surface area contributed by atoms with E-state index in [9.17, 15) is 4.79 Å². The number of hydrogen-bond donors (Lipinski definition) is 2. The van der Waals surface area contributed by atoms with E-state index in [4.69, 9.17) is 5.11 Å². The molecule has 0 aliphatic carbocycles. The number of nitrogens with one attached hydrogen (secondary N) is 1. The third-order valence-electron chi connectivity index (χ3n) is 3.29. The van der Waals surface area contributed by atoms with Crippen molar-refractivity contribution in [2.24, 2.45) is 0 Å². The van der Waals surface area contributed by atoms with Crippen LogP contribution >= 0.6 is 11.8 Å². The normalized spacial score (nSPS) is 10.7.